The summed E-state index contributed by atoms with van der Waals surface area (Å²) in [5.41, 5.74) is 2.23. The molecule has 1 atom stereocenters. The number of carbonyl (C=O) groups is 2. The highest BCUT2D eigenvalue weighted by Crippen LogP contribution is 2.26. The summed E-state index contributed by atoms with van der Waals surface area (Å²) < 4.78 is 27.6. The van der Waals surface area contributed by atoms with Gasteiger partial charge in [-0.25, -0.2) is 8.42 Å². The van der Waals surface area contributed by atoms with Crippen molar-refractivity contribution in [3.05, 3.63) is 64.1 Å². The van der Waals surface area contributed by atoms with Gasteiger partial charge in [0, 0.05) is 17.1 Å². The van der Waals surface area contributed by atoms with Crippen LogP contribution in [-0.4, -0.2) is 50.0 Å². The molecule has 0 radical (unpaired) electrons. The molecule has 7 nitrogen and oxygen atoms in total. The minimum Gasteiger partial charge on any atom is -0.352 e. The highest BCUT2D eigenvalue weighted by Gasteiger charge is 2.31. The third kappa shape index (κ3) is 8.04. The Bertz CT molecular complexity index is 1190. The zero-order chi connectivity index (χ0) is 27.4. The zero-order valence-corrected chi connectivity index (χ0v) is 24.7. The lowest BCUT2D eigenvalue weighted by Gasteiger charge is -2.32. The average molecular weight is 593 g/mol. The molecule has 0 spiro atoms. The van der Waals surface area contributed by atoms with Crippen LogP contribution in [0.3, 0.4) is 0 Å². The molecule has 202 valence electrons. The van der Waals surface area contributed by atoms with E-state index in [-0.39, 0.29) is 23.9 Å². The minimum atomic E-state index is -3.76. The average Bonchev–Trinajstić information content (AvgIpc) is 3.33. The van der Waals surface area contributed by atoms with Gasteiger partial charge in [0.05, 0.1) is 11.9 Å². The van der Waals surface area contributed by atoms with Gasteiger partial charge < -0.3 is 10.2 Å². The van der Waals surface area contributed by atoms with Crippen molar-refractivity contribution < 1.29 is 18.0 Å². The van der Waals surface area contributed by atoms with E-state index >= 15 is 0 Å². The van der Waals surface area contributed by atoms with Crippen molar-refractivity contribution in [2.45, 2.75) is 77.4 Å². The highest BCUT2D eigenvalue weighted by molar-refractivity contribution is 9.10. The first kappa shape index (κ1) is 29.2. The van der Waals surface area contributed by atoms with E-state index in [1.165, 1.54) is 4.90 Å². The fourth-order valence-corrected chi connectivity index (χ4v) is 5.62. The van der Waals surface area contributed by atoms with E-state index in [0.717, 1.165) is 51.8 Å². The van der Waals surface area contributed by atoms with Crippen LogP contribution in [-0.2, 0) is 31.6 Å². The quantitative estimate of drug-likeness (QED) is 0.445. The zero-order valence-electron chi connectivity index (χ0n) is 22.3. The monoisotopic (exact) mass is 591 g/mol. The van der Waals surface area contributed by atoms with Gasteiger partial charge in [-0.1, -0.05) is 73.8 Å². The molecule has 1 aliphatic rings. The molecule has 1 N–H and O–H groups in total. The van der Waals surface area contributed by atoms with Crippen molar-refractivity contribution in [3.63, 3.8) is 0 Å². The van der Waals surface area contributed by atoms with E-state index in [9.17, 15) is 18.0 Å². The predicted molar refractivity (Wildman–Crippen MR) is 152 cm³/mol. The lowest BCUT2D eigenvalue weighted by atomic mass is 9.87. The maximum atomic E-state index is 13.7. The molecule has 0 heterocycles. The number of hydrogen-bond donors (Lipinski definition) is 1. The van der Waals surface area contributed by atoms with Crippen LogP contribution >= 0.6 is 15.9 Å². The molecule has 1 aliphatic carbocycles. The SMILES string of the molecule is C[C@H](C(=O)NC1CCCC1)N(Cc1ccc(Br)cc1)C(=O)CN(c1ccc(C(C)(C)C)cc1)S(C)(=O)=O. The smallest absolute Gasteiger partial charge is 0.244 e. The number of rotatable bonds is 9. The highest BCUT2D eigenvalue weighted by atomic mass is 79.9. The van der Waals surface area contributed by atoms with E-state index < -0.39 is 28.5 Å². The van der Waals surface area contributed by atoms with Gasteiger partial charge in [0.25, 0.3) is 0 Å². The fraction of sp³-hybridized carbons (Fsp3) is 0.500. The van der Waals surface area contributed by atoms with E-state index in [4.69, 9.17) is 0 Å². The second-order valence-corrected chi connectivity index (χ2v) is 13.7. The van der Waals surface area contributed by atoms with E-state index in [1.807, 2.05) is 36.4 Å². The lowest BCUT2D eigenvalue weighted by molar-refractivity contribution is -0.139. The normalized spacial score (nSPS) is 15.3. The first-order valence-corrected chi connectivity index (χ1v) is 15.3. The van der Waals surface area contributed by atoms with Gasteiger partial charge >= 0.3 is 0 Å². The van der Waals surface area contributed by atoms with Crippen LogP contribution in [0, 0.1) is 0 Å². The standard InChI is InChI=1S/C28H38BrN3O4S/c1-20(27(34)30-24-8-6-7-9-24)31(18-21-10-14-23(29)15-11-21)26(33)19-32(37(5,35)36)25-16-12-22(13-17-25)28(2,3)4/h10-17,20,24H,6-9,18-19H2,1-5H3,(H,30,34)/t20-/m1/s1. The van der Waals surface area contributed by atoms with Gasteiger partial charge in [-0.15, -0.1) is 0 Å². The van der Waals surface area contributed by atoms with Gasteiger partial charge in [0.2, 0.25) is 21.8 Å². The molecule has 1 saturated carbocycles. The van der Waals surface area contributed by atoms with Gasteiger partial charge in [0.15, 0.2) is 0 Å². The summed E-state index contributed by atoms with van der Waals surface area (Å²) in [5, 5.41) is 3.07. The summed E-state index contributed by atoms with van der Waals surface area (Å²) in [5.74, 6) is -0.667. The number of amides is 2. The van der Waals surface area contributed by atoms with Crippen LogP contribution in [0.1, 0.15) is 64.5 Å². The second-order valence-electron chi connectivity index (χ2n) is 10.9. The van der Waals surface area contributed by atoms with Gasteiger partial charge in [-0.2, -0.15) is 0 Å². The lowest BCUT2D eigenvalue weighted by Crippen LogP contribution is -2.52. The van der Waals surface area contributed by atoms with Crippen molar-refractivity contribution in [1.29, 1.82) is 0 Å². The number of anilines is 1. The van der Waals surface area contributed by atoms with Crippen molar-refractivity contribution in [1.82, 2.24) is 10.2 Å². The summed E-state index contributed by atoms with van der Waals surface area (Å²) in [6.07, 6.45) is 5.13. The molecule has 0 saturated heterocycles. The van der Waals surface area contributed by atoms with Crippen molar-refractivity contribution in [3.8, 4) is 0 Å². The van der Waals surface area contributed by atoms with Crippen LogP contribution in [0.15, 0.2) is 53.0 Å². The van der Waals surface area contributed by atoms with E-state index in [1.54, 1.807) is 19.1 Å². The Balaban J connectivity index is 1.87. The Kier molecular flexibility index (Phi) is 9.45. The van der Waals surface area contributed by atoms with Crippen molar-refractivity contribution in [2.24, 2.45) is 0 Å². The molecule has 37 heavy (non-hydrogen) atoms. The maximum absolute atomic E-state index is 13.7. The topological polar surface area (TPSA) is 86.8 Å². The van der Waals surface area contributed by atoms with Crippen molar-refractivity contribution in [2.75, 3.05) is 17.1 Å². The number of nitrogens with zero attached hydrogens (tertiary/aromatic N) is 2. The molecule has 1 fully saturated rings. The van der Waals surface area contributed by atoms with Gasteiger partial charge in [0.1, 0.15) is 12.6 Å². The molecule has 0 aromatic heterocycles. The predicted octanol–water partition coefficient (Wildman–Crippen LogP) is 4.99. The first-order valence-electron chi connectivity index (χ1n) is 12.7. The Morgan fingerprint density at radius 2 is 1.59 bits per heavy atom. The second kappa shape index (κ2) is 12.0. The van der Waals surface area contributed by atoms with E-state index in [0.29, 0.717) is 5.69 Å². The summed E-state index contributed by atoms with van der Waals surface area (Å²) in [4.78, 5) is 28.3. The molecule has 0 aliphatic heterocycles. The third-order valence-electron chi connectivity index (χ3n) is 6.84. The van der Waals surface area contributed by atoms with Crippen LogP contribution in [0.5, 0.6) is 0 Å². The number of benzene rings is 2. The summed E-state index contributed by atoms with van der Waals surface area (Å²) in [6, 6.07) is 14.1. The van der Waals surface area contributed by atoms with Crippen LogP contribution in [0.4, 0.5) is 5.69 Å². The molecule has 2 aromatic carbocycles. The van der Waals surface area contributed by atoms with Crippen molar-refractivity contribution >= 4 is 43.5 Å². The summed E-state index contributed by atoms with van der Waals surface area (Å²) >= 11 is 3.42. The molecule has 0 bridgehead atoms. The Morgan fingerprint density at radius 3 is 2.11 bits per heavy atom. The summed E-state index contributed by atoms with van der Waals surface area (Å²) in [7, 11) is -3.76. The fourth-order valence-electron chi connectivity index (χ4n) is 4.50. The summed E-state index contributed by atoms with van der Waals surface area (Å²) in [6.45, 7) is 7.73. The largest absolute Gasteiger partial charge is 0.352 e. The number of carbonyl (C=O) groups excluding carboxylic acids is 2. The Hall–Kier alpha value is -2.39. The molecule has 3 rings (SSSR count). The number of sulfonamides is 1. The minimum absolute atomic E-state index is 0.0894. The Morgan fingerprint density at radius 1 is 1.03 bits per heavy atom. The van der Waals surface area contributed by atoms with E-state index in [2.05, 4.69) is 42.0 Å². The number of halogens is 1. The third-order valence-corrected chi connectivity index (χ3v) is 8.50. The molecule has 2 amide bonds. The first-order chi connectivity index (χ1) is 17.3. The maximum Gasteiger partial charge on any atom is 0.244 e. The molecular formula is C28H38BrN3O4S. The molecule has 2 aromatic rings. The van der Waals surface area contributed by atoms with Crippen LogP contribution < -0.4 is 9.62 Å². The van der Waals surface area contributed by atoms with Gasteiger partial charge in [-0.05, 0) is 60.6 Å². The number of hydrogen-bond acceptors (Lipinski definition) is 4. The number of nitrogens with one attached hydrogen (secondary N) is 1. The van der Waals surface area contributed by atoms with Crippen LogP contribution in [0.2, 0.25) is 0 Å². The Labute approximate surface area is 229 Å². The molecular weight excluding hydrogens is 554 g/mol. The van der Waals surface area contributed by atoms with Gasteiger partial charge in [-0.3, -0.25) is 13.9 Å². The molecule has 9 heteroatoms. The van der Waals surface area contributed by atoms with Crippen LogP contribution in [0.25, 0.3) is 0 Å². The molecule has 0 unspecified atom stereocenters.